The van der Waals surface area contributed by atoms with E-state index >= 15 is 0 Å². The van der Waals surface area contributed by atoms with Gasteiger partial charge in [-0.15, -0.1) is 0 Å². The number of rotatable bonds is 17. The maximum atomic E-state index is 13.8. The highest BCUT2D eigenvalue weighted by atomic mass is 32.2. The lowest BCUT2D eigenvalue weighted by Gasteiger charge is -2.27. The summed E-state index contributed by atoms with van der Waals surface area (Å²) < 4.78 is 55.4. The minimum atomic E-state index is -3.81. The van der Waals surface area contributed by atoms with E-state index in [4.69, 9.17) is 0 Å². The zero-order valence-corrected chi connectivity index (χ0v) is 22.5. The molecule has 0 bridgehead atoms. The van der Waals surface area contributed by atoms with Gasteiger partial charge in [0.05, 0.1) is 20.3 Å². The third-order valence-corrected chi connectivity index (χ3v) is 11.3. The summed E-state index contributed by atoms with van der Waals surface area (Å²) in [6.45, 7) is 4.29. The first-order valence-corrected chi connectivity index (χ1v) is 16.0. The van der Waals surface area contributed by atoms with Crippen molar-refractivity contribution in [1.29, 1.82) is 0 Å². The first-order valence-electron chi connectivity index (χ1n) is 12.9. The monoisotopic (exact) mass is 506 g/mol. The van der Waals surface area contributed by atoms with Crippen molar-refractivity contribution < 1.29 is 16.8 Å². The van der Waals surface area contributed by atoms with E-state index in [1.165, 1.54) is 0 Å². The van der Waals surface area contributed by atoms with Crippen molar-refractivity contribution in [3.8, 4) is 0 Å². The van der Waals surface area contributed by atoms with Crippen LogP contribution >= 0.6 is 0 Å². The number of benzene rings is 2. The van der Waals surface area contributed by atoms with Crippen LogP contribution < -0.4 is 0 Å². The Morgan fingerprint density at radius 3 is 1.15 bits per heavy atom. The van der Waals surface area contributed by atoms with Crippen LogP contribution in [0.15, 0.2) is 70.5 Å². The highest BCUT2D eigenvalue weighted by molar-refractivity contribution is 7.96. The van der Waals surface area contributed by atoms with Crippen LogP contribution in [0.5, 0.6) is 0 Å². The molecule has 0 spiro atoms. The number of sulfone groups is 2. The van der Waals surface area contributed by atoms with E-state index in [9.17, 15) is 16.8 Å². The van der Waals surface area contributed by atoms with Crippen molar-refractivity contribution in [3.05, 3.63) is 60.7 Å². The van der Waals surface area contributed by atoms with Gasteiger partial charge in [-0.25, -0.2) is 16.8 Å². The van der Waals surface area contributed by atoms with Gasteiger partial charge in [0.2, 0.25) is 0 Å². The molecule has 2 rings (SSSR count). The third kappa shape index (κ3) is 8.23. The van der Waals surface area contributed by atoms with E-state index in [0.717, 1.165) is 51.4 Å². The molecule has 0 fully saturated rings. The summed E-state index contributed by atoms with van der Waals surface area (Å²) in [5, 5.41) is -1.90. The SMILES string of the molecule is CCCCCCC[C@H]([C@@H](CCCCCCC)S(=O)(=O)c1ccccc1)S(=O)(=O)c1ccccc1. The van der Waals surface area contributed by atoms with Gasteiger partial charge in [0.1, 0.15) is 0 Å². The maximum Gasteiger partial charge on any atom is 0.182 e. The van der Waals surface area contributed by atoms with E-state index in [2.05, 4.69) is 13.8 Å². The van der Waals surface area contributed by atoms with Crippen LogP contribution in [0.25, 0.3) is 0 Å². The second-order valence-electron chi connectivity index (χ2n) is 9.20. The molecule has 0 heterocycles. The van der Waals surface area contributed by atoms with Gasteiger partial charge in [0, 0.05) is 0 Å². The average molecular weight is 507 g/mol. The van der Waals surface area contributed by atoms with Crippen LogP contribution in [-0.4, -0.2) is 27.3 Å². The molecule has 0 unspecified atom stereocenters. The van der Waals surface area contributed by atoms with Gasteiger partial charge in [0.15, 0.2) is 19.7 Å². The number of hydrogen-bond donors (Lipinski definition) is 0. The van der Waals surface area contributed by atoms with Crippen LogP contribution in [-0.2, 0) is 19.7 Å². The Balaban J connectivity index is 2.43. The second kappa shape index (κ2) is 14.7. The van der Waals surface area contributed by atoms with Crippen molar-refractivity contribution in [2.24, 2.45) is 0 Å². The lowest BCUT2D eigenvalue weighted by atomic mass is 10.0. The summed E-state index contributed by atoms with van der Waals surface area (Å²) in [7, 11) is -7.62. The predicted molar refractivity (Wildman–Crippen MR) is 142 cm³/mol. The molecule has 0 N–H and O–H groups in total. The Kier molecular flexibility index (Phi) is 12.3. The van der Waals surface area contributed by atoms with Crippen molar-refractivity contribution >= 4 is 19.7 Å². The minimum absolute atomic E-state index is 0.216. The zero-order valence-electron chi connectivity index (χ0n) is 20.9. The van der Waals surface area contributed by atoms with Crippen molar-refractivity contribution in [2.75, 3.05) is 0 Å². The lowest BCUT2D eigenvalue weighted by molar-refractivity contribution is 0.498. The Morgan fingerprint density at radius 2 is 0.824 bits per heavy atom. The summed E-state index contributed by atoms with van der Waals surface area (Å²) in [5.41, 5.74) is 0. The maximum absolute atomic E-state index is 13.8. The summed E-state index contributed by atoms with van der Waals surface area (Å²) in [6, 6.07) is 16.7. The number of unbranched alkanes of at least 4 members (excludes halogenated alkanes) is 8. The van der Waals surface area contributed by atoms with E-state index in [0.29, 0.717) is 25.7 Å². The molecule has 0 amide bonds. The Hall–Kier alpha value is -1.66. The fraction of sp³-hybridized carbons (Fsp3) is 0.571. The summed E-state index contributed by atoms with van der Waals surface area (Å²) in [5.74, 6) is 0. The second-order valence-corrected chi connectivity index (χ2v) is 13.5. The molecule has 34 heavy (non-hydrogen) atoms. The Bertz CT molecular complexity index is 931. The molecule has 6 heteroatoms. The van der Waals surface area contributed by atoms with Crippen LogP contribution in [0.1, 0.15) is 90.9 Å². The molecule has 190 valence electrons. The molecule has 0 aliphatic heterocycles. The van der Waals surface area contributed by atoms with Gasteiger partial charge in [-0.1, -0.05) is 114 Å². The van der Waals surface area contributed by atoms with Crippen LogP contribution in [0.4, 0.5) is 0 Å². The zero-order chi connectivity index (χ0) is 24.9. The molecule has 0 radical (unpaired) electrons. The van der Waals surface area contributed by atoms with Gasteiger partial charge in [-0.3, -0.25) is 0 Å². The van der Waals surface area contributed by atoms with Gasteiger partial charge in [-0.05, 0) is 37.1 Å². The van der Waals surface area contributed by atoms with Crippen molar-refractivity contribution in [2.45, 2.75) is 111 Å². The fourth-order valence-electron chi connectivity index (χ4n) is 4.55. The molecule has 2 atom stereocenters. The summed E-state index contributed by atoms with van der Waals surface area (Å²) >= 11 is 0. The predicted octanol–water partition coefficient (Wildman–Crippen LogP) is 7.39. The fourth-order valence-corrected chi connectivity index (χ4v) is 9.23. The Labute approximate surface area is 208 Å². The van der Waals surface area contributed by atoms with E-state index in [1.807, 2.05) is 0 Å². The van der Waals surface area contributed by atoms with Crippen molar-refractivity contribution in [3.63, 3.8) is 0 Å². The molecular formula is C28H42O4S2. The molecule has 2 aromatic carbocycles. The molecule has 0 aromatic heterocycles. The van der Waals surface area contributed by atoms with E-state index in [1.54, 1.807) is 60.7 Å². The molecule has 0 aliphatic carbocycles. The highest BCUT2D eigenvalue weighted by Crippen LogP contribution is 2.32. The highest BCUT2D eigenvalue weighted by Gasteiger charge is 2.41. The first-order chi connectivity index (χ1) is 16.4. The van der Waals surface area contributed by atoms with Gasteiger partial charge in [-0.2, -0.15) is 0 Å². The largest absolute Gasteiger partial charge is 0.223 e. The minimum Gasteiger partial charge on any atom is -0.223 e. The summed E-state index contributed by atoms with van der Waals surface area (Å²) in [6.07, 6.45) is 10.5. The average Bonchev–Trinajstić information content (AvgIpc) is 2.85. The molecule has 0 saturated carbocycles. The van der Waals surface area contributed by atoms with Gasteiger partial charge >= 0.3 is 0 Å². The summed E-state index contributed by atoms with van der Waals surface area (Å²) in [4.78, 5) is 0.431. The third-order valence-electron chi connectivity index (χ3n) is 6.54. The van der Waals surface area contributed by atoms with E-state index in [-0.39, 0.29) is 9.79 Å². The van der Waals surface area contributed by atoms with Crippen LogP contribution in [0.3, 0.4) is 0 Å². The van der Waals surface area contributed by atoms with Gasteiger partial charge < -0.3 is 0 Å². The normalized spacial score (nSPS) is 14.1. The molecular weight excluding hydrogens is 464 g/mol. The van der Waals surface area contributed by atoms with E-state index < -0.39 is 30.2 Å². The van der Waals surface area contributed by atoms with Crippen LogP contribution in [0.2, 0.25) is 0 Å². The smallest absolute Gasteiger partial charge is 0.182 e. The lowest BCUT2D eigenvalue weighted by Crippen LogP contribution is -2.40. The van der Waals surface area contributed by atoms with Crippen molar-refractivity contribution in [1.82, 2.24) is 0 Å². The molecule has 0 aliphatic rings. The quantitative estimate of drug-likeness (QED) is 0.210. The molecule has 2 aromatic rings. The number of hydrogen-bond acceptors (Lipinski definition) is 4. The Morgan fingerprint density at radius 1 is 0.500 bits per heavy atom. The molecule has 4 nitrogen and oxygen atoms in total. The topological polar surface area (TPSA) is 68.3 Å². The van der Waals surface area contributed by atoms with Crippen LogP contribution in [0, 0.1) is 0 Å². The standard InChI is InChI=1S/C28H42O4S2/c1-3-5-7-9-17-23-27(33(29,30)25-19-13-11-14-20-25)28(24-18-10-8-6-4-2)34(31,32)26-21-15-12-16-22-26/h11-16,19-22,27-28H,3-10,17-18,23-24H2,1-2H3/t27-,28-/m1/s1. The first kappa shape index (κ1) is 28.6. The van der Waals surface area contributed by atoms with Gasteiger partial charge in [0.25, 0.3) is 0 Å². The molecule has 0 saturated heterocycles.